The summed E-state index contributed by atoms with van der Waals surface area (Å²) in [4.78, 5) is 16.3. The molecule has 3 aromatic carbocycles. The Morgan fingerprint density at radius 1 is 1.00 bits per heavy atom. The Hall–Kier alpha value is -2.28. The second kappa shape index (κ2) is 7.86. The molecular weight excluding hydrogens is 496 g/mol. The zero-order valence-electron chi connectivity index (χ0n) is 15.6. The Balaban J connectivity index is 1.81. The highest BCUT2D eigenvalue weighted by Crippen LogP contribution is 2.41. The van der Waals surface area contributed by atoms with Crippen LogP contribution < -0.4 is 5.32 Å². The van der Waals surface area contributed by atoms with Crippen molar-refractivity contribution < 1.29 is 15.2 Å². The number of hydrogen-bond acceptors (Lipinski definition) is 2. The lowest BCUT2D eigenvalue weighted by atomic mass is 9.82. The normalized spacial score (nSPS) is 21.1. The summed E-state index contributed by atoms with van der Waals surface area (Å²) in [6.45, 7) is 2.15. The van der Waals surface area contributed by atoms with E-state index in [9.17, 15) is 4.79 Å². The maximum atomic E-state index is 11.2. The summed E-state index contributed by atoms with van der Waals surface area (Å²) < 4.78 is 2.07. The number of quaternary nitrogens is 1. The standard InChI is InChI=1S/C23H18Br2N2O2/c1-23(16-10-12-17(24)13-11-16)20(18-4-2-3-5-19(18)25)26-21(27-23)14-6-8-15(9-7-14)22(28)29/h2-13,20H,1H3,(H,26,27)(H,28,29)/p+1. The molecule has 1 aliphatic heterocycles. The molecule has 6 heteroatoms. The van der Waals surface area contributed by atoms with E-state index in [1.165, 1.54) is 5.56 Å². The molecule has 0 saturated carbocycles. The number of nitrogens with two attached hydrogens (primary N) is 1. The van der Waals surface area contributed by atoms with Crippen molar-refractivity contribution in [2.45, 2.75) is 18.5 Å². The summed E-state index contributed by atoms with van der Waals surface area (Å²) in [6.07, 6.45) is 0. The van der Waals surface area contributed by atoms with Gasteiger partial charge in [-0.3, -0.25) is 5.32 Å². The first-order valence-electron chi connectivity index (χ1n) is 9.17. The monoisotopic (exact) mass is 513 g/mol. The quantitative estimate of drug-likeness (QED) is 0.520. The predicted molar refractivity (Wildman–Crippen MR) is 120 cm³/mol. The molecule has 2 atom stereocenters. The van der Waals surface area contributed by atoms with Gasteiger partial charge in [0.2, 0.25) is 5.84 Å². The highest BCUT2D eigenvalue weighted by atomic mass is 79.9. The van der Waals surface area contributed by atoms with Gasteiger partial charge in [0.05, 0.1) is 11.1 Å². The van der Waals surface area contributed by atoms with E-state index in [-0.39, 0.29) is 11.6 Å². The summed E-state index contributed by atoms with van der Waals surface area (Å²) in [5, 5.41) is 11.3. The van der Waals surface area contributed by atoms with E-state index in [0.717, 1.165) is 25.9 Å². The molecule has 3 N–H and O–H groups in total. The van der Waals surface area contributed by atoms with Crippen LogP contribution >= 0.6 is 31.9 Å². The number of halogens is 2. The molecule has 1 heterocycles. The van der Waals surface area contributed by atoms with E-state index in [1.807, 2.05) is 42.5 Å². The zero-order valence-corrected chi connectivity index (χ0v) is 18.8. The molecule has 146 valence electrons. The average Bonchev–Trinajstić information content (AvgIpc) is 3.07. The minimum absolute atomic E-state index is 0.0356. The average molecular weight is 515 g/mol. The summed E-state index contributed by atoms with van der Waals surface area (Å²) in [6, 6.07) is 23.4. The Kier molecular flexibility index (Phi) is 5.42. The number of hydrogen-bond donors (Lipinski definition) is 2. The third kappa shape index (κ3) is 3.80. The van der Waals surface area contributed by atoms with Crippen molar-refractivity contribution in [2.24, 2.45) is 4.99 Å². The van der Waals surface area contributed by atoms with Crippen LogP contribution in [0, 0.1) is 0 Å². The second-order valence-corrected chi connectivity index (χ2v) is 8.97. The van der Waals surface area contributed by atoms with Gasteiger partial charge in [-0.25, -0.2) is 9.79 Å². The first-order valence-corrected chi connectivity index (χ1v) is 10.8. The molecule has 0 bridgehead atoms. The minimum Gasteiger partial charge on any atom is -0.478 e. The number of aliphatic imine (C=N–C) groups is 1. The van der Waals surface area contributed by atoms with Gasteiger partial charge in [0.1, 0.15) is 11.6 Å². The molecule has 0 fully saturated rings. The van der Waals surface area contributed by atoms with E-state index in [2.05, 4.69) is 62.3 Å². The molecule has 0 aromatic heterocycles. The van der Waals surface area contributed by atoms with Gasteiger partial charge < -0.3 is 5.11 Å². The number of benzene rings is 3. The number of carboxylic acid groups (broad SMARTS) is 1. The number of amidine groups is 1. The van der Waals surface area contributed by atoms with E-state index in [0.29, 0.717) is 0 Å². The highest BCUT2D eigenvalue weighted by molar-refractivity contribution is 9.10. The molecule has 0 amide bonds. The molecule has 4 rings (SSSR count). The molecule has 3 aromatic rings. The molecule has 0 aliphatic carbocycles. The van der Waals surface area contributed by atoms with Gasteiger partial charge >= 0.3 is 5.97 Å². The molecule has 0 radical (unpaired) electrons. The fourth-order valence-corrected chi connectivity index (χ4v) is 4.57. The number of rotatable bonds is 4. The van der Waals surface area contributed by atoms with E-state index in [4.69, 9.17) is 10.1 Å². The molecule has 1 aliphatic rings. The van der Waals surface area contributed by atoms with Crippen molar-refractivity contribution in [3.63, 3.8) is 0 Å². The van der Waals surface area contributed by atoms with Gasteiger partial charge in [0, 0.05) is 14.5 Å². The van der Waals surface area contributed by atoms with Crippen LogP contribution in [0.4, 0.5) is 0 Å². The number of aromatic carboxylic acids is 1. The van der Waals surface area contributed by atoms with Gasteiger partial charge in [0.15, 0.2) is 0 Å². The highest BCUT2D eigenvalue weighted by Gasteiger charge is 2.47. The number of carboxylic acids is 1. The van der Waals surface area contributed by atoms with Crippen LogP contribution in [0.25, 0.3) is 0 Å². The smallest absolute Gasteiger partial charge is 0.335 e. The fourth-order valence-electron chi connectivity index (χ4n) is 3.77. The predicted octanol–water partition coefficient (Wildman–Crippen LogP) is 4.89. The van der Waals surface area contributed by atoms with Gasteiger partial charge in [-0.2, -0.15) is 0 Å². The summed E-state index contributed by atoms with van der Waals surface area (Å²) in [5.74, 6) is -0.0622. The van der Waals surface area contributed by atoms with Crippen molar-refractivity contribution in [1.29, 1.82) is 0 Å². The van der Waals surface area contributed by atoms with Crippen LogP contribution in [-0.2, 0) is 5.54 Å². The lowest BCUT2D eigenvalue weighted by molar-refractivity contribution is -0.586. The Bertz CT molecular complexity index is 1090. The van der Waals surface area contributed by atoms with Crippen LogP contribution in [-0.4, -0.2) is 16.9 Å². The summed E-state index contributed by atoms with van der Waals surface area (Å²) >= 11 is 7.21. The maximum Gasteiger partial charge on any atom is 0.335 e. The molecule has 0 saturated heterocycles. The van der Waals surface area contributed by atoms with Crippen molar-refractivity contribution in [2.75, 3.05) is 0 Å². The summed E-state index contributed by atoms with van der Waals surface area (Å²) in [5.41, 5.74) is 2.98. The molecule has 2 unspecified atom stereocenters. The number of carbonyl (C=O) groups is 1. The number of nitrogens with zero attached hydrogens (tertiary/aromatic N) is 1. The van der Waals surface area contributed by atoms with E-state index in [1.54, 1.807) is 12.1 Å². The van der Waals surface area contributed by atoms with Crippen LogP contribution in [0.5, 0.6) is 0 Å². The van der Waals surface area contributed by atoms with Crippen LogP contribution in [0.15, 0.2) is 86.7 Å². The minimum atomic E-state index is -0.931. The SMILES string of the molecule is CC1(c2ccc(Br)cc2)N=C(c2ccc(C(=O)O)cc2)[NH2+]C1c1ccccc1Br. The van der Waals surface area contributed by atoms with E-state index < -0.39 is 11.5 Å². The Morgan fingerprint density at radius 2 is 1.66 bits per heavy atom. The zero-order chi connectivity index (χ0) is 20.6. The summed E-state index contributed by atoms with van der Waals surface area (Å²) in [7, 11) is 0. The van der Waals surface area contributed by atoms with Crippen LogP contribution in [0.1, 0.15) is 40.0 Å². The Labute approximate surface area is 186 Å². The van der Waals surface area contributed by atoms with Crippen molar-refractivity contribution in [1.82, 2.24) is 0 Å². The van der Waals surface area contributed by atoms with E-state index >= 15 is 0 Å². The lowest BCUT2D eigenvalue weighted by Crippen LogP contribution is -2.88. The third-order valence-corrected chi connectivity index (χ3v) is 6.63. The van der Waals surface area contributed by atoms with Gasteiger partial charge in [0.25, 0.3) is 0 Å². The van der Waals surface area contributed by atoms with Gasteiger partial charge in [-0.1, -0.05) is 62.2 Å². The third-order valence-electron chi connectivity index (χ3n) is 5.38. The topological polar surface area (TPSA) is 66.3 Å². The maximum absolute atomic E-state index is 11.2. The molecular formula is C23H19Br2N2O2+. The van der Waals surface area contributed by atoms with Crippen molar-refractivity contribution >= 4 is 43.7 Å². The first kappa shape index (κ1) is 20.0. The van der Waals surface area contributed by atoms with Gasteiger partial charge in [-0.05, 0) is 55.0 Å². The van der Waals surface area contributed by atoms with Crippen molar-refractivity contribution in [3.8, 4) is 0 Å². The Morgan fingerprint density at radius 3 is 2.28 bits per heavy atom. The van der Waals surface area contributed by atoms with Crippen molar-refractivity contribution in [3.05, 3.63) is 104 Å². The lowest BCUT2D eigenvalue weighted by Gasteiger charge is -2.27. The molecule has 4 nitrogen and oxygen atoms in total. The van der Waals surface area contributed by atoms with Crippen LogP contribution in [0.2, 0.25) is 0 Å². The molecule has 0 spiro atoms. The first-order chi connectivity index (χ1) is 13.9. The molecule has 29 heavy (non-hydrogen) atoms. The second-order valence-electron chi connectivity index (χ2n) is 7.20. The largest absolute Gasteiger partial charge is 0.478 e. The van der Waals surface area contributed by atoms with Crippen LogP contribution in [0.3, 0.4) is 0 Å². The van der Waals surface area contributed by atoms with Gasteiger partial charge in [-0.15, -0.1) is 0 Å². The fraction of sp³-hybridized carbons (Fsp3) is 0.130.